The minimum atomic E-state index is -0.179. The van der Waals surface area contributed by atoms with Crippen molar-refractivity contribution in [1.29, 1.82) is 0 Å². The number of fused-ring (bicyclic) bond motifs is 1. The molecule has 0 spiro atoms. The number of furan rings is 1. The van der Waals surface area contributed by atoms with Gasteiger partial charge in [-0.3, -0.25) is 4.79 Å². The molecule has 0 fully saturated rings. The summed E-state index contributed by atoms with van der Waals surface area (Å²) in [5.41, 5.74) is 1.79. The zero-order valence-electron chi connectivity index (χ0n) is 8.00. The monoisotopic (exact) mass is 223 g/mol. The fourth-order valence-corrected chi connectivity index (χ4v) is 1.51. The lowest BCUT2D eigenvalue weighted by Crippen LogP contribution is -2.23. The first-order valence-corrected chi connectivity index (χ1v) is 5.12. The van der Waals surface area contributed by atoms with Crippen molar-refractivity contribution < 1.29 is 9.21 Å². The summed E-state index contributed by atoms with van der Waals surface area (Å²) in [6.45, 7) is 0.447. The SMILES string of the molecule is O=C(CCl)NCc1coc2ccccc12. The van der Waals surface area contributed by atoms with Crippen molar-refractivity contribution in [3.8, 4) is 0 Å². The van der Waals surface area contributed by atoms with Crippen molar-refractivity contribution in [3.05, 3.63) is 36.1 Å². The minimum absolute atomic E-state index is 0.0181. The highest BCUT2D eigenvalue weighted by Crippen LogP contribution is 2.20. The highest BCUT2D eigenvalue weighted by Gasteiger charge is 2.05. The van der Waals surface area contributed by atoms with Crippen LogP contribution in [0.5, 0.6) is 0 Å². The van der Waals surface area contributed by atoms with E-state index in [9.17, 15) is 4.79 Å². The Morgan fingerprint density at radius 2 is 2.20 bits per heavy atom. The van der Waals surface area contributed by atoms with Crippen LogP contribution in [-0.4, -0.2) is 11.8 Å². The molecule has 3 nitrogen and oxygen atoms in total. The van der Waals surface area contributed by atoms with Gasteiger partial charge in [0.15, 0.2) is 0 Å². The summed E-state index contributed by atoms with van der Waals surface area (Å²) in [6.07, 6.45) is 1.65. The van der Waals surface area contributed by atoms with E-state index in [1.807, 2.05) is 24.3 Å². The van der Waals surface area contributed by atoms with Crippen molar-refractivity contribution in [2.45, 2.75) is 6.54 Å². The molecular weight excluding hydrogens is 214 g/mol. The maximum Gasteiger partial charge on any atom is 0.235 e. The molecule has 1 aromatic carbocycles. The molecule has 0 aliphatic heterocycles. The van der Waals surface area contributed by atoms with E-state index < -0.39 is 0 Å². The Balaban J connectivity index is 2.18. The number of halogens is 1. The summed E-state index contributed by atoms with van der Waals surface area (Å²) >= 11 is 5.37. The summed E-state index contributed by atoms with van der Waals surface area (Å²) < 4.78 is 5.33. The smallest absolute Gasteiger partial charge is 0.235 e. The molecule has 1 heterocycles. The molecule has 0 bridgehead atoms. The second-order valence-electron chi connectivity index (χ2n) is 3.17. The maximum atomic E-state index is 11.0. The predicted molar refractivity (Wildman–Crippen MR) is 58.8 cm³/mol. The molecule has 1 aromatic heterocycles. The van der Waals surface area contributed by atoms with E-state index in [1.165, 1.54) is 0 Å². The van der Waals surface area contributed by atoms with Gasteiger partial charge in [-0.15, -0.1) is 11.6 Å². The number of para-hydroxylation sites is 1. The molecule has 2 rings (SSSR count). The minimum Gasteiger partial charge on any atom is -0.464 e. The number of rotatable bonds is 3. The van der Waals surface area contributed by atoms with Gasteiger partial charge in [-0.25, -0.2) is 0 Å². The van der Waals surface area contributed by atoms with Gasteiger partial charge in [-0.1, -0.05) is 18.2 Å². The third-order valence-electron chi connectivity index (χ3n) is 2.16. The Hall–Kier alpha value is -1.48. The van der Waals surface area contributed by atoms with Gasteiger partial charge in [0.1, 0.15) is 11.5 Å². The van der Waals surface area contributed by atoms with Crippen LogP contribution in [0.2, 0.25) is 0 Å². The average Bonchev–Trinajstić information content (AvgIpc) is 2.69. The first-order valence-electron chi connectivity index (χ1n) is 4.59. The number of nitrogens with one attached hydrogen (secondary N) is 1. The van der Waals surface area contributed by atoms with Crippen LogP contribution in [0.4, 0.5) is 0 Å². The van der Waals surface area contributed by atoms with Crippen LogP contribution in [0, 0.1) is 0 Å². The lowest BCUT2D eigenvalue weighted by atomic mass is 10.2. The quantitative estimate of drug-likeness (QED) is 0.812. The molecule has 1 N–H and O–H groups in total. The molecule has 4 heteroatoms. The number of hydrogen-bond acceptors (Lipinski definition) is 2. The molecule has 0 saturated heterocycles. The third-order valence-corrected chi connectivity index (χ3v) is 2.40. The molecule has 15 heavy (non-hydrogen) atoms. The summed E-state index contributed by atoms with van der Waals surface area (Å²) in [5.74, 6) is -0.197. The van der Waals surface area contributed by atoms with E-state index in [1.54, 1.807) is 6.26 Å². The van der Waals surface area contributed by atoms with Crippen LogP contribution < -0.4 is 5.32 Å². The molecule has 78 valence electrons. The Labute approximate surface area is 92.0 Å². The number of carbonyl (C=O) groups excluding carboxylic acids is 1. The van der Waals surface area contributed by atoms with E-state index in [4.69, 9.17) is 16.0 Å². The van der Waals surface area contributed by atoms with Crippen molar-refractivity contribution in [3.63, 3.8) is 0 Å². The molecule has 0 unspecified atom stereocenters. The van der Waals surface area contributed by atoms with Crippen molar-refractivity contribution in [1.82, 2.24) is 5.32 Å². The van der Waals surface area contributed by atoms with Gasteiger partial charge in [0.05, 0.1) is 6.26 Å². The molecule has 0 aliphatic rings. The summed E-state index contributed by atoms with van der Waals surface area (Å²) in [7, 11) is 0. The molecular formula is C11H10ClNO2. The highest BCUT2D eigenvalue weighted by atomic mass is 35.5. The van der Waals surface area contributed by atoms with Crippen LogP contribution in [0.15, 0.2) is 34.9 Å². The zero-order chi connectivity index (χ0) is 10.7. The zero-order valence-corrected chi connectivity index (χ0v) is 8.75. The van der Waals surface area contributed by atoms with E-state index in [-0.39, 0.29) is 11.8 Å². The topological polar surface area (TPSA) is 42.2 Å². The Morgan fingerprint density at radius 1 is 1.40 bits per heavy atom. The average molecular weight is 224 g/mol. The van der Waals surface area contributed by atoms with E-state index >= 15 is 0 Å². The van der Waals surface area contributed by atoms with Crippen molar-refractivity contribution in [2.24, 2.45) is 0 Å². The summed E-state index contributed by atoms with van der Waals surface area (Å²) in [6, 6.07) is 7.70. The number of alkyl halides is 1. The van der Waals surface area contributed by atoms with E-state index in [0.29, 0.717) is 6.54 Å². The van der Waals surface area contributed by atoms with Crippen LogP contribution in [0.25, 0.3) is 11.0 Å². The van der Waals surface area contributed by atoms with Crippen molar-refractivity contribution in [2.75, 3.05) is 5.88 Å². The standard InChI is InChI=1S/C11H10ClNO2/c12-5-11(14)13-6-8-7-15-10-4-2-1-3-9(8)10/h1-4,7H,5-6H2,(H,13,14). The van der Waals surface area contributed by atoms with Crippen LogP contribution in [-0.2, 0) is 11.3 Å². The van der Waals surface area contributed by atoms with E-state index in [2.05, 4.69) is 5.32 Å². The van der Waals surface area contributed by atoms with Gasteiger partial charge < -0.3 is 9.73 Å². The van der Waals surface area contributed by atoms with Gasteiger partial charge in [0.25, 0.3) is 0 Å². The molecule has 0 aliphatic carbocycles. The number of carbonyl (C=O) groups is 1. The Bertz CT molecular complexity index is 478. The van der Waals surface area contributed by atoms with Crippen molar-refractivity contribution >= 4 is 28.5 Å². The fourth-order valence-electron chi connectivity index (χ4n) is 1.41. The van der Waals surface area contributed by atoms with Crippen LogP contribution in [0.1, 0.15) is 5.56 Å². The molecule has 0 atom stereocenters. The Morgan fingerprint density at radius 3 is 3.00 bits per heavy atom. The molecule has 2 aromatic rings. The van der Waals surface area contributed by atoms with Gasteiger partial charge in [-0.2, -0.15) is 0 Å². The number of amides is 1. The van der Waals surface area contributed by atoms with Gasteiger partial charge in [0.2, 0.25) is 5.91 Å². The van der Waals surface area contributed by atoms with Gasteiger partial charge in [-0.05, 0) is 6.07 Å². The van der Waals surface area contributed by atoms with Crippen LogP contribution in [0.3, 0.4) is 0 Å². The molecule has 0 saturated carbocycles. The fraction of sp³-hybridized carbons (Fsp3) is 0.182. The van der Waals surface area contributed by atoms with Gasteiger partial charge in [0, 0.05) is 17.5 Å². The highest BCUT2D eigenvalue weighted by molar-refractivity contribution is 6.27. The first kappa shape index (κ1) is 10.1. The maximum absolute atomic E-state index is 11.0. The number of hydrogen-bond donors (Lipinski definition) is 1. The third kappa shape index (κ3) is 2.13. The molecule has 1 amide bonds. The normalized spacial score (nSPS) is 10.5. The van der Waals surface area contributed by atoms with Crippen LogP contribution >= 0.6 is 11.6 Å². The summed E-state index contributed by atoms with van der Waals surface area (Å²) in [5, 5.41) is 3.72. The second-order valence-corrected chi connectivity index (χ2v) is 3.43. The van der Waals surface area contributed by atoms with Gasteiger partial charge >= 0.3 is 0 Å². The summed E-state index contributed by atoms with van der Waals surface area (Å²) in [4.78, 5) is 11.0. The largest absolute Gasteiger partial charge is 0.464 e. The molecule has 0 radical (unpaired) electrons. The first-order chi connectivity index (χ1) is 7.31. The lowest BCUT2D eigenvalue weighted by Gasteiger charge is -2.00. The lowest BCUT2D eigenvalue weighted by molar-refractivity contribution is -0.118. The Kier molecular flexibility index (Phi) is 2.92. The predicted octanol–water partition coefficient (Wildman–Crippen LogP) is 2.29. The number of benzene rings is 1. The second kappa shape index (κ2) is 4.36. The van der Waals surface area contributed by atoms with E-state index in [0.717, 1.165) is 16.5 Å².